The average molecular weight is 396 g/mol. The molecule has 0 fully saturated rings. The van der Waals surface area contributed by atoms with Gasteiger partial charge in [-0.15, -0.1) is 12.4 Å². The third-order valence-electron chi connectivity index (χ3n) is 4.39. The fourth-order valence-corrected chi connectivity index (χ4v) is 3.97. The summed E-state index contributed by atoms with van der Waals surface area (Å²) in [6, 6.07) is 11.7. The van der Waals surface area contributed by atoms with Crippen LogP contribution in [0.5, 0.6) is 0 Å². The Morgan fingerprint density at radius 1 is 1.15 bits per heavy atom. The summed E-state index contributed by atoms with van der Waals surface area (Å²) in [6.07, 6.45) is 1.66. The highest BCUT2D eigenvalue weighted by Gasteiger charge is 2.26. The summed E-state index contributed by atoms with van der Waals surface area (Å²) >= 11 is 0. The monoisotopic (exact) mass is 395 g/mol. The van der Waals surface area contributed by atoms with Crippen molar-refractivity contribution in [3.63, 3.8) is 0 Å². The van der Waals surface area contributed by atoms with Crippen LogP contribution in [0.1, 0.15) is 22.3 Å². The summed E-state index contributed by atoms with van der Waals surface area (Å²) in [5.41, 5.74) is 8.83. The minimum absolute atomic E-state index is 0. The highest BCUT2D eigenvalue weighted by atomic mass is 35.5. The van der Waals surface area contributed by atoms with Crippen molar-refractivity contribution < 1.29 is 13.2 Å². The number of fused-ring (bicyclic) bond motifs is 1. The number of benzene rings is 2. The zero-order chi connectivity index (χ0) is 18.2. The van der Waals surface area contributed by atoms with Crippen molar-refractivity contribution in [3.8, 4) is 0 Å². The maximum Gasteiger partial charge on any atom is 0.258 e. The van der Waals surface area contributed by atoms with Crippen molar-refractivity contribution in [2.24, 2.45) is 0 Å². The molecule has 2 N–H and O–H groups in total. The number of amides is 1. The van der Waals surface area contributed by atoms with E-state index in [-0.39, 0.29) is 23.2 Å². The third-order valence-corrected chi connectivity index (χ3v) is 6.20. The van der Waals surface area contributed by atoms with Crippen LogP contribution in [0.15, 0.2) is 47.4 Å². The molecule has 0 saturated carbocycles. The topological polar surface area (TPSA) is 83.7 Å². The van der Waals surface area contributed by atoms with Crippen LogP contribution >= 0.6 is 12.4 Å². The summed E-state index contributed by atoms with van der Waals surface area (Å²) in [7, 11) is -0.657. The number of anilines is 2. The van der Waals surface area contributed by atoms with Gasteiger partial charge >= 0.3 is 0 Å². The second-order valence-electron chi connectivity index (χ2n) is 6.22. The van der Waals surface area contributed by atoms with Crippen LogP contribution in [0.2, 0.25) is 0 Å². The first-order valence-corrected chi connectivity index (χ1v) is 9.48. The second kappa shape index (κ2) is 7.65. The van der Waals surface area contributed by atoms with Gasteiger partial charge in [-0.1, -0.05) is 12.1 Å². The normalized spacial score (nSPS) is 13.9. The van der Waals surface area contributed by atoms with E-state index in [1.807, 2.05) is 18.2 Å². The molecule has 2 aromatic carbocycles. The van der Waals surface area contributed by atoms with Crippen LogP contribution < -0.4 is 10.6 Å². The molecule has 0 aliphatic carbocycles. The van der Waals surface area contributed by atoms with E-state index >= 15 is 0 Å². The second-order valence-corrected chi connectivity index (χ2v) is 8.37. The maximum atomic E-state index is 13.0. The smallest absolute Gasteiger partial charge is 0.258 e. The quantitative estimate of drug-likeness (QED) is 0.809. The van der Waals surface area contributed by atoms with Crippen molar-refractivity contribution in [1.82, 2.24) is 4.31 Å². The van der Waals surface area contributed by atoms with E-state index < -0.39 is 10.0 Å². The third kappa shape index (κ3) is 3.56. The highest BCUT2D eigenvalue weighted by Crippen LogP contribution is 2.32. The summed E-state index contributed by atoms with van der Waals surface area (Å²) in [5, 5.41) is 0. The number of halogens is 1. The number of hydrogen-bond donors (Lipinski definition) is 1. The Morgan fingerprint density at radius 2 is 1.85 bits per heavy atom. The van der Waals surface area contributed by atoms with Crippen LogP contribution in [-0.4, -0.2) is 39.3 Å². The van der Waals surface area contributed by atoms with E-state index in [9.17, 15) is 13.2 Å². The molecule has 3 rings (SSSR count). The van der Waals surface area contributed by atoms with Gasteiger partial charge in [-0.05, 0) is 48.7 Å². The Hall–Kier alpha value is -2.09. The van der Waals surface area contributed by atoms with Gasteiger partial charge in [0.15, 0.2) is 0 Å². The number of carbonyl (C=O) groups excluding carboxylic acids is 1. The van der Waals surface area contributed by atoms with Gasteiger partial charge in [0.1, 0.15) is 0 Å². The number of sulfonamides is 1. The Kier molecular flexibility index (Phi) is 5.95. The van der Waals surface area contributed by atoms with Gasteiger partial charge in [0.2, 0.25) is 10.0 Å². The molecule has 0 bridgehead atoms. The van der Waals surface area contributed by atoms with E-state index in [2.05, 4.69) is 0 Å². The van der Waals surface area contributed by atoms with Gasteiger partial charge in [0.05, 0.1) is 4.90 Å². The summed E-state index contributed by atoms with van der Waals surface area (Å²) in [5.74, 6) is -0.220. The number of carbonyl (C=O) groups is 1. The van der Waals surface area contributed by atoms with Crippen LogP contribution in [0, 0.1) is 0 Å². The Morgan fingerprint density at radius 3 is 2.54 bits per heavy atom. The van der Waals surface area contributed by atoms with Gasteiger partial charge in [0, 0.05) is 37.6 Å². The molecule has 140 valence electrons. The lowest BCUT2D eigenvalue weighted by molar-refractivity contribution is 0.0985. The number of nitrogen functional groups attached to an aromatic ring is 1. The predicted molar refractivity (Wildman–Crippen MR) is 105 cm³/mol. The summed E-state index contributed by atoms with van der Waals surface area (Å²) in [6.45, 7) is 0.583. The molecule has 26 heavy (non-hydrogen) atoms. The summed E-state index contributed by atoms with van der Waals surface area (Å²) in [4.78, 5) is 14.8. The predicted octanol–water partition coefficient (Wildman–Crippen LogP) is 2.53. The van der Waals surface area contributed by atoms with Crippen LogP contribution in [0.4, 0.5) is 11.4 Å². The average Bonchev–Trinajstić information content (AvgIpc) is 2.61. The molecule has 0 aromatic heterocycles. The van der Waals surface area contributed by atoms with Crippen molar-refractivity contribution in [2.75, 3.05) is 31.3 Å². The molecule has 2 aromatic rings. The zero-order valence-electron chi connectivity index (χ0n) is 14.7. The molecule has 1 aliphatic heterocycles. The van der Waals surface area contributed by atoms with Crippen LogP contribution in [0.3, 0.4) is 0 Å². The maximum absolute atomic E-state index is 13.0. The van der Waals surface area contributed by atoms with Gasteiger partial charge in [-0.3, -0.25) is 4.79 Å². The molecule has 1 heterocycles. The molecule has 0 spiro atoms. The molecule has 0 saturated heterocycles. The number of nitrogens with zero attached hydrogens (tertiary/aromatic N) is 2. The highest BCUT2D eigenvalue weighted by molar-refractivity contribution is 7.89. The molecular weight excluding hydrogens is 374 g/mol. The fourth-order valence-electron chi connectivity index (χ4n) is 3.02. The summed E-state index contributed by atoms with van der Waals surface area (Å²) < 4.78 is 25.8. The SMILES string of the molecule is CN(C)S(=O)(=O)c1cccc(C(=O)N2CCCc3c(N)cccc32)c1.Cl. The first-order chi connectivity index (χ1) is 11.8. The van der Waals surface area contributed by atoms with E-state index in [4.69, 9.17) is 5.73 Å². The fraction of sp³-hybridized carbons (Fsp3) is 0.278. The molecule has 0 radical (unpaired) electrons. The molecule has 1 amide bonds. The van der Waals surface area contributed by atoms with Crippen molar-refractivity contribution in [3.05, 3.63) is 53.6 Å². The molecule has 6 nitrogen and oxygen atoms in total. The Bertz CT molecular complexity index is 929. The molecule has 0 unspecified atom stereocenters. The van der Waals surface area contributed by atoms with Crippen LogP contribution in [0.25, 0.3) is 0 Å². The minimum atomic E-state index is -3.59. The zero-order valence-corrected chi connectivity index (χ0v) is 16.3. The van der Waals surface area contributed by atoms with Crippen molar-refractivity contribution in [1.29, 1.82) is 0 Å². The number of rotatable bonds is 3. The largest absolute Gasteiger partial charge is 0.398 e. The van der Waals surface area contributed by atoms with Gasteiger partial charge in [0.25, 0.3) is 5.91 Å². The molecule has 1 aliphatic rings. The Labute approximate surface area is 160 Å². The lowest BCUT2D eigenvalue weighted by atomic mass is 9.99. The van der Waals surface area contributed by atoms with Gasteiger partial charge in [-0.25, -0.2) is 12.7 Å². The number of hydrogen-bond acceptors (Lipinski definition) is 4. The Balaban J connectivity index is 0.00000243. The van der Waals surface area contributed by atoms with E-state index in [0.717, 1.165) is 28.4 Å². The first kappa shape index (κ1) is 20.2. The van der Waals surface area contributed by atoms with E-state index in [1.165, 1.54) is 26.2 Å². The standard InChI is InChI=1S/C18H21N3O3S.ClH/c1-20(2)25(23,24)14-7-3-6-13(12-14)18(22)21-11-5-8-15-16(19)9-4-10-17(15)21;/h3-4,6-7,9-10,12H,5,8,11,19H2,1-2H3;1H. The van der Waals surface area contributed by atoms with E-state index in [1.54, 1.807) is 17.0 Å². The molecular formula is C18H22ClN3O3S. The van der Waals surface area contributed by atoms with Gasteiger partial charge < -0.3 is 10.6 Å². The first-order valence-electron chi connectivity index (χ1n) is 8.04. The van der Waals surface area contributed by atoms with Crippen LogP contribution in [-0.2, 0) is 16.4 Å². The van der Waals surface area contributed by atoms with Crippen molar-refractivity contribution >= 4 is 39.7 Å². The number of nitrogens with two attached hydrogens (primary N) is 1. The van der Waals surface area contributed by atoms with Gasteiger partial charge in [-0.2, -0.15) is 0 Å². The molecule has 8 heteroatoms. The van der Waals surface area contributed by atoms with E-state index in [0.29, 0.717) is 17.8 Å². The molecule has 0 atom stereocenters. The minimum Gasteiger partial charge on any atom is -0.398 e. The lowest BCUT2D eigenvalue weighted by Gasteiger charge is -2.30. The van der Waals surface area contributed by atoms with Crippen molar-refractivity contribution in [2.45, 2.75) is 17.7 Å². The lowest BCUT2D eigenvalue weighted by Crippen LogP contribution is -2.36.